The molecular formula is C23H20FN8O+. The Hall–Kier alpha value is -4.47. The highest BCUT2D eigenvalue weighted by Gasteiger charge is 2.26. The van der Waals surface area contributed by atoms with Crippen LogP contribution in [0.25, 0.3) is 28.0 Å². The van der Waals surface area contributed by atoms with Gasteiger partial charge in [0.1, 0.15) is 12.2 Å². The summed E-state index contributed by atoms with van der Waals surface area (Å²) in [6, 6.07) is 13.5. The zero-order valence-corrected chi connectivity index (χ0v) is 18.0. The molecule has 0 radical (unpaired) electrons. The predicted octanol–water partition coefficient (Wildman–Crippen LogP) is 2.22. The van der Waals surface area contributed by atoms with Crippen LogP contribution in [0, 0.1) is 19.7 Å². The Morgan fingerprint density at radius 3 is 2.36 bits per heavy atom. The van der Waals surface area contributed by atoms with Crippen molar-refractivity contribution in [2.75, 3.05) is 5.73 Å². The lowest BCUT2D eigenvalue weighted by Gasteiger charge is -2.10. The van der Waals surface area contributed by atoms with Crippen molar-refractivity contribution in [1.29, 1.82) is 0 Å². The maximum Gasteiger partial charge on any atom is 0.428 e. The lowest BCUT2D eigenvalue weighted by molar-refractivity contribution is -0.516. The number of rotatable bonds is 4. The predicted molar refractivity (Wildman–Crippen MR) is 120 cm³/mol. The van der Waals surface area contributed by atoms with Crippen molar-refractivity contribution in [3.05, 3.63) is 88.4 Å². The number of aromatic nitrogens is 7. The molecular weight excluding hydrogens is 423 g/mol. The van der Waals surface area contributed by atoms with Gasteiger partial charge in [-0.15, -0.1) is 9.38 Å². The Bertz CT molecular complexity index is 1520. The first-order chi connectivity index (χ1) is 15.9. The van der Waals surface area contributed by atoms with Gasteiger partial charge >= 0.3 is 11.6 Å². The topological polar surface area (TPSA) is 119 Å². The SMILES string of the molecule is Cc1cc(-c2c(-c3ccccc3)nc(N)[n+]3c(=O)n(Cc4ncc(F)cn4)[nH]c23)cc(C)n1. The third-order valence-corrected chi connectivity index (χ3v) is 5.21. The first-order valence-corrected chi connectivity index (χ1v) is 10.2. The summed E-state index contributed by atoms with van der Waals surface area (Å²) in [5.41, 5.74) is 11.0. The lowest BCUT2D eigenvalue weighted by Crippen LogP contribution is -2.44. The first-order valence-electron chi connectivity index (χ1n) is 10.2. The second-order valence-corrected chi connectivity index (χ2v) is 7.68. The average molecular weight is 443 g/mol. The number of pyridine rings is 1. The van der Waals surface area contributed by atoms with Gasteiger partial charge in [0.2, 0.25) is 5.65 Å². The number of hydrogen-bond donors (Lipinski definition) is 2. The van der Waals surface area contributed by atoms with Gasteiger partial charge in [-0.05, 0) is 31.5 Å². The van der Waals surface area contributed by atoms with E-state index in [2.05, 4.69) is 25.0 Å². The zero-order chi connectivity index (χ0) is 23.1. The van der Waals surface area contributed by atoms with Crippen LogP contribution in [0.2, 0.25) is 0 Å². The molecule has 0 aliphatic rings. The number of hydrogen-bond acceptors (Lipinski definition) is 6. The fourth-order valence-electron chi connectivity index (χ4n) is 3.88. The van der Waals surface area contributed by atoms with Crippen molar-refractivity contribution in [2.24, 2.45) is 0 Å². The van der Waals surface area contributed by atoms with Crippen molar-refractivity contribution in [2.45, 2.75) is 20.4 Å². The number of nitrogen functional groups attached to an aromatic ring is 1. The second kappa shape index (κ2) is 7.90. The molecule has 1 aromatic carbocycles. The van der Waals surface area contributed by atoms with Gasteiger partial charge in [-0.3, -0.25) is 4.98 Å². The third-order valence-electron chi connectivity index (χ3n) is 5.21. The van der Waals surface area contributed by atoms with Crippen molar-refractivity contribution in [3.8, 4) is 22.4 Å². The van der Waals surface area contributed by atoms with Gasteiger partial charge in [-0.2, -0.15) is 4.68 Å². The molecule has 5 aromatic rings. The molecule has 0 aliphatic carbocycles. The van der Waals surface area contributed by atoms with E-state index in [0.29, 0.717) is 16.9 Å². The highest BCUT2D eigenvalue weighted by molar-refractivity contribution is 5.88. The maximum absolute atomic E-state index is 13.2. The molecule has 0 spiro atoms. The van der Waals surface area contributed by atoms with Gasteiger partial charge in [-0.1, -0.05) is 30.3 Å². The van der Waals surface area contributed by atoms with Crippen LogP contribution in [0.1, 0.15) is 17.2 Å². The summed E-state index contributed by atoms with van der Waals surface area (Å²) in [4.78, 5) is 30.2. The summed E-state index contributed by atoms with van der Waals surface area (Å²) in [7, 11) is 0. The largest absolute Gasteiger partial charge is 0.428 e. The second-order valence-electron chi connectivity index (χ2n) is 7.68. The minimum Gasteiger partial charge on any atom is -0.319 e. The molecule has 0 saturated carbocycles. The highest BCUT2D eigenvalue weighted by Crippen LogP contribution is 2.33. The van der Waals surface area contributed by atoms with Gasteiger partial charge in [0.15, 0.2) is 11.6 Å². The van der Waals surface area contributed by atoms with Gasteiger partial charge in [0, 0.05) is 17.0 Å². The lowest BCUT2D eigenvalue weighted by atomic mass is 9.99. The molecule has 0 atom stereocenters. The quantitative estimate of drug-likeness (QED) is 0.411. The molecule has 164 valence electrons. The molecule has 4 aromatic heterocycles. The number of fused-ring (bicyclic) bond motifs is 1. The average Bonchev–Trinajstić information content (AvgIpc) is 3.11. The molecule has 0 unspecified atom stereocenters. The molecule has 0 fully saturated rings. The molecule has 5 rings (SSSR count). The van der Waals surface area contributed by atoms with Crippen LogP contribution in [-0.4, -0.2) is 29.7 Å². The molecule has 0 amide bonds. The van der Waals surface area contributed by atoms with Crippen molar-refractivity contribution >= 4 is 11.6 Å². The molecule has 10 heteroatoms. The van der Waals surface area contributed by atoms with E-state index in [9.17, 15) is 9.18 Å². The van der Waals surface area contributed by atoms with Crippen molar-refractivity contribution in [1.82, 2.24) is 29.7 Å². The van der Waals surface area contributed by atoms with Crippen molar-refractivity contribution in [3.63, 3.8) is 0 Å². The van der Waals surface area contributed by atoms with E-state index in [-0.39, 0.29) is 18.3 Å². The van der Waals surface area contributed by atoms with E-state index in [1.165, 1.54) is 9.08 Å². The number of nitrogens with two attached hydrogens (primary N) is 1. The van der Waals surface area contributed by atoms with E-state index in [1.807, 2.05) is 56.3 Å². The van der Waals surface area contributed by atoms with Gasteiger partial charge in [0.05, 0.1) is 18.0 Å². The smallest absolute Gasteiger partial charge is 0.319 e. The number of anilines is 1. The van der Waals surface area contributed by atoms with E-state index >= 15 is 0 Å². The van der Waals surface area contributed by atoms with Gasteiger partial charge in [-0.25, -0.2) is 24.3 Å². The molecule has 3 N–H and O–H groups in total. The number of nitrogens with one attached hydrogen (secondary N) is 1. The van der Waals surface area contributed by atoms with Crippen LogP contribution >= 0.6 is 0 Å². The van der Waals surface area contributed by atoms with E-state index in [0.717, 1.165) is 34.9 Å². The fraction of sp³-hybridized carbons (Fsp3) is 0.130. The van der Waals surface area contributed by atoms with Crippen LogP contribution in [0.4, 0.5) is 10.3 Å². The number of benzene rings is 1. The van der Waals surface area contributed by atoms with Crippen LogP contribution in [-0.2, 0) is 6.54 Å². The highest BCUT2D eigenvalue weighted by atomic mass is 19.1. The number of H-pyrrole nitrogens is 1. The molecule has 9 nitrogen and oxygen atoms in total. The van der Waals surface area contributed by atoms with Crippen LogP contribution in [0.5, 0.6) is 0 Å². The summed E-state index contributed by atoms with van der Waals surface area (Å²) in [6.45, 7) is 3.83. The number of aryl methyl sites for hydroxylation is 2. The Labute approximate surface area is 187 Å². The van der Waals surface area contributed by atoms with Crippen LogP contribution in [0.3, 0.4) is 0 Å². The Kier molecular flexibility index (Phi) is 4.89. The summed E-state index contributed by atoms with van der Waals surface area (Å²) in [6.07, 6.45) is 2.11. The monoisotopic (exact) mass is 443 g/mol. The molecule has 4 heterocycles. The van der Waals surface area contributed by atoms with Gasteiger partial charge < -0.3 is 5.73 Å². The summed E-state index contributed by atoms with van der Waals surface area (Å²) in [5, 5.41) is 3.14. The molecule has 33 heavy (non-hydrogen) atoms. The normalized spacial score (nSPS) is 11.2. The van der Waals surface area contributed by atoms with Gasteiger partial charge in [0.25, 0.3) is 0 Å². The Morgan fingerprint density at radius 1 is 1.03 bits per heavy atom. The number of aromatic amines is 1. The summed E-state index contributed by atoms with van der Waals surface area (Å²) >= 11 is 0. The van der Waals surface area contributed by atoms with E-state index in [4.69, 9.17) is 5.73 Å². The standard InChI is InChI=1S/C23H19FN8O/c1-13-8-16(9-14(2)28-13)19-20(15-6-4-3-5-7-15)29-22(25)32-21(19)30-31(23(32)33)12-18-26-10-17(24)11-27-18/h3-11H,12H2,1-2H3,(H2,25,28,29,30)/p+1. The zero-order valence-electron chi connectivity index (χ0n) is 18.0. The number of halogens is 1. The Balaban J connectivity index is 1.81. The summed E-state index contributed by atoms with van der Waals surface area (Å²) < 4.78 is 15.8. The van der Waals surface area contributed by atoms with E-state index in [1.54, 1.807) is 0 Å². The Morgan fingerprint density at radius 2 is 1.70 bits per heavy atom. The first kappa shape index (κ1) is 20.4. The molecule has 0 bridgehead atoms. The van der Waals surface area contributed by atoms with Crippen molar-refractivity contribution < 1.29 is 8.79 Å². The van der Waals surface area contributed by atoms with Crippen LogP contribution < -0.4 is 15.8 Å². The van der Waals surface area contributed by atoms with Crippen LogP contribution in [0.15, 0.2) is 59.7 Å². The minimum atomic E-state index is -0.552. The minimum absolute atomic E-state index is 0.00868. The number of nitrogens with zero attached hydrogens (tertiary/aromatic N) is 6. The summed E-state index contributed by atoms with van der Waals surface area (Å²) in [5.74, 6) is -0.239. The maximum atomic E-state index is 13.2. The fourth-order valence-corrected chi connectivity index (χ4v) is 3.88. The third kappa shape index (κ3) is 3.71. The molecule has 0 aliphatic heterocycles. The van der Waals surface area contributed by atoms with E-state index < -0.39 is 11.5 Å². The molecule has 0 saturated heterocycles.